The SMILES string of the molecule is CNc1cc(N(C)C(C)COC)ncn1. The van der Waals surface area contributed by atoms with Crippen LogP contribution in [0.15, 0.2) is 12.4 Å². The lowest BCUT2D eigenvalue weighted by Crippen LogP contribution is -2.33. The number of ether oxygens (including phenoxy) is 1. The minimum atomic E-state index is 0.287. The lowest BCUT2D eigenvalue weighted by Gasteiger charge is -2.25. The molecule has 0 aliphatic heterocycles. The highest BCUT2D eigenvalue weighted by atomic mass is 16.5. The van der Waals surface area contributed by atoms with Crippen molar-refractivity contribution < 1.29 is 4.74 Å². The summed E-state index contributed by atoms with van der Waals surface area (Å²) in [6.45, 7) is 2.76. The van der Waals surface area contributed by atoms with Crippen LogP contribution < -0.4 is 10.2 Å². The van der Waals surface area contributed by atoms with Crippen molar-refractivity contribution in [1.29, 1.82) is 0 Å². The van der Waals surface area contributed by atoms with Crippen molar-refractivity contribution in [2.24, 2.45) is 0 Å². The monoisotopic (exact) mass is 210 g/mol. The molecular weight excluding hydrogens is 192 g/mol. The van der Waals surface area contributed by atoms with Gasteiger partial charge in [-0.2, -0.15) is 0 Å². The minimum Gasteiger partial charge on any atom is -0.383 e. The van der Waals surface area contributed by atoms with Gasteiger partial charge in [0.2, 0.25) is 0 Å². The number of methoxy groups -OCH3 is 1. The Morgan fingerprint density at radius 2 is 2.27 bits per heavy atom. The van der Waals surface area contributed by atoms with E-state index in [0.29, 0.717) is 6.61 Å². The van der Waals surface area contributed by atoms with Gasteiger partial charge in [-0.3, -0.25) is 0 Å². The molecule has 5 nitrogen and oxygen atoms in total. The lowest BCUT2D eigenvalue weighted by atomic mass is 10.3. The molecule has 1 heterocycles. The largest absolute Gasteiger partial charge is 0.383 e. The molecule has 0 saturated heterocycles. The van der Waals surface area contributed by atoms with Gasteiger partial charge < -0.3 is 15.0 Å². The molecule has 1 N–H and O–H groups in total. The Kier molecular flexibility index (Phi) is 4.30. The third-order valence-corrected chi connectivity index (χ3v) is 2.34. The molecule has 1 unspecified atom stereocenters. The van der Waals surface area contributed by atoms with Gasteiger partial charge in [0, 0.05) is 27.3 Å². The first-order chi connectivity index (χ1) is 7.19. The van der Waals surface area contributed by atoms with Crippen LogP contribution in [-0.4, -0.2) is 43.8 Å². The number of nitrogens with zero attached hydrogens (tertiary/aromatic N) is 3. The van der Waals surface area contributed by atoms with Crippen LogP contribution in [0.1, 0.15) is 6.92 Å². The quantitative estimate of drug-likeness (QED) is 0.785. The average molecular weight is 210 g/mol. The Morgan fingerprint density at radius 3 is 2.87 bits per heavy atom. The molecule has 1 aromatic heterocycles. The molecule has 5 heteroatoms. The first kappa shape index (κ1) is 11.7. The Labute approximate surface area is 90.5 Å². The molecule has 0 saturated carbocycles. The van der Waals surface area contributed by atoms with Gasteiger partial charge in [0.25, 0.3) is 0 Å². The standard InChI is InChI=1S/C10H18N4O/c1-8(6-15-4)14(3)10-5-9(11-2)12-7-13-10/h5,7-8H,6H2,1-4H3,(H,11,12,13). The van der Waals surface area contributed by atoms with Crippen LogP contribution in [0.2, 0.25) is 0 Å². The third-order valence-electron chi connectivity index (χ3n) is 2.34. The number of anilines is 2. The summed E-state index contributed by atoms with van der Waals surface area (Å²) in [6.07, 6.45) is 1.55. The van der Waals surface area contributed by atoms with Gasteiger partial charge in [-0.25, -0.2) is 9.97 Å². The van der Waals surface area contributed by atoms with E-state index in [1.165, 1.54) is 0 Å². The van der Waals surface area contributed by atoms with E-state index in [-0.39, 0.29) is 6.04 Å². The lowest BCUT2D eigenvalue weighted by molar-refractivity contribution is 0.183. The summed E-state index contributed by atoms with van der Waals surface area (Å²) in [6, 6.07) is 2.20. The summed E-state index contributed by atoms with van der Waals surface area (Å²) in [7, 11) is 5.53. The molecule has 0 aromatic carbocycles. The van der Waals surface area contributed by atoms with Crippen molar-refractivity contribution in [2.45, 2.75) is 13.0 Å². The number of hydrogen-bond acceptors (Lipinski definition) is 5. The summed E-state index contributed by atoms with van der Waals surface area (Å²) in [5.41, 5.74) is 0. The molecule has 0 amide bonds. The number of aromatic nitrogens is 2. The van der Waals surface area contributed by atoms with Gasteiger partial charge in [0.1, 0.15) is 18.0 Å². The predicted molar refractivity (Wildman–Crippen MR) is 61.3 cm³/mol. The topological polar surface area (TPSA) is 50.3 Å². The maximum atomic E-state index is 5.10. The summed E-state index contributed by atoms with van der Waals surface area (Å²) >= 11 is 0. The van der Waals surface area contributed by atoms with E-state index in [9.17, 15) is 0 Å². The Morgan fingerprint density at radius 1 is 1.53 bits per heavy atom. The molecule has 0 aliphatic carbocycles. The Bertz CT molecular complexity index is 305. The second kappa shape index (κ2) is 5.50. The van der Waals surface area contributed by atoms with Crippen LogP contribution >= 0.6 is 0 Å². The fraction of sp³-hybridized carbons (Fsp3) is 0.600. The second-order valence-corrected chi connectivity index (χ2v) is 3.43. The third kappa shape index (κ3) is 3.06. The number of nitrogens with one attached hydrogen (secondary N) is 1. The van der Waals surface area contributed by atoms with Gasteiger partial charge in [-0.15, -0.1) is 0 Å². The summed E-state index contributed by atoms with van der Waals surface area (Å²) in [5, 5.41) is 2.98. The molecule has 0 radical (unpaired) electrons. The predicted octanol–water partition coefficient (Wildman–Crippen LogP) is 0.989. The highest BCUT2D eigenvalue weighted by Gasteiger charge is 2.11. The molecule has 84 valence electrons. The summed E-state index contributed by atoms with van der Waals surface area (Å²) in [4.78, 5) is 10.3. The zero-order valence-electron chi connectivity index (χ0n) is 9.69. The molecule has 1 aromatic rings. The number of hydrogen-bond donors (Lipinski definition) is 1. The molecule has 1 atom stereocenters. The molecule has 1 rings (SSSR count). The van der Waals surface area contributed by atoms with Gasteiger partial charge in [-0.1, -0.05) is 0 Å². The highest BCUT2D eigenvalue weighted by Crippen LogP contribution is 2.14. The summed E-state index contributed by atoms with van der Waals surface area (Å²) < 4.78 is 5.10. The van der Waals surface area contributed by atoms with E-state index in [1.807, 2.05) is 20.2 Å². The minimum absolute atomic E-state index is 0.287. The fourth-order valence-corrected chi connectivity index (χ4v) is 1.26. The zero-order chi connectivity index (χ0) is 11.3. The maximum absolute atomic E-state index is 5.10. The van der Waals surface area contributed by atoms with Gasteiger partial charge in [-0.05, 0) is 6.92 Å². The maximum Gasteiger partial charge on any atom is 0.134 e. The number of rotatable bonds is 5. The molecule has 0 spiro atoms. The van der Waals surface area contributed by atoms with E-state index < -0.39 is 0 Å². The van der Waals surface area contributed by atoms with Crippen molar-refractivity contribution in [2.75, 3.05) is 38.0 Å². The first-order valence-corrected chi connectivity index (χ1v) is 4.90. The average Bonchev–Trinajstić information content (AvgIpc) is 2.28. The molecule has 0 aliphatic rings. The van der Waals surface area contributed by atoms with E-state index in [0.717, 1.165) is 11.6 Å². The van der Waals surface area contributed by atoms with Crippen molar-refractivity contribution >= 4 is 11.6 Å². The van der Waals surface area contributed by atoms with Gasteiger partial charge in [0.15, 0.2) is 0 Å². The number of likely N-dealkylation sites (N-methyl/N-ethyl adjacent to an activating group) is 1. The van der Waals surface area contributed by atoms with Crippen LogP contribution in [0.25, 0.3) is 0 Å². The van der Waals surface area contributed by atoms with E-state index in [4.69, 9.17) is 4.74 Å². The fourth-order valence-electron chi connectivity index (χ4n) is 1.26. The van der Waals surface area contributed by atoms with Gasteiger partial charge >= 0.3 is 0 Å². The molecule has 15 heavy (non-hydrogen) atoms. The van der Waals surface area contributed by atoms with Gasteiger partial charge in [0.05, 0.1) is 12.6 Å². The van der Waals surface area contributed by atoms with Crippen molar-refractivity contribution in [1.82, 2.24) is 9.97 Å². The smallest absolute Gasteiger partial charge is 0.134 e. The Balaban J connectivity index is 2.76. The second-order valence-electron chi connectivity index (χ2n) is 3.43. The van der Waals surface area contributed by atoms with E-state index in [1.54, 1.807) is 13.4 Å². The van der Waals surface area contributed by atoms with Crippen LogP contribution in [0.5, 0.6) is 0 Å². The molecule has 0 bridgehead atoms. The van der Waals surface area contributed by atoms with Crippen molar-refractivity contribution in [3.8, 4) is 0 Å². The normalized spacial score (nSPS) is 12.3. The van der Waals surface area contributed by atoms with Crippen molar-refractivity contribution in [3.05, 3.63) is 12.4 Å². The molecular formula is C10H18N4O. The van der Waals surface area contributed by atoms with Crippen molar-refractivity contribution in [3.63, 3.8) is 0 Å². The Hall–Kier alpha value is -1.36. The first-order valence-electron chi connectivity index (χ1n) is 4.90. The van der Waals surface area contributed by atoms with Crippen LogP contribution in [-0.2, 0) is 4.74 Å². The zero-order valence-corrected chi connectivity index (χ0v) is 9.69. The summed E-state index contributed by atoms with van der Waals surface area (Å²) in [5.74, 6) is 1.70. The highest BCUT2D eigenvalue weighted by molar-refractivity contribution is 5.48. The van der Waals surface area contributed by atoms with Crippen LogP contribution in [0.4, 0.5) is 11.6 Å². The van der Waals surface area contributed by atoms with E-state index in [2.05, 4.69) is 27.1 Å². The van der Waals surface area contributed by atoms with Crippen LogP contribution in [0, 0.1) is 0 Å². The molecule has 0 fully saturated rings. The van der Waals surface area contributed by atoms with E-state index >= 15 is 0 Å². The van der Waals surface area contributed by atoms with Crippen LogP contribution in [0.3, 0.4) is 0 Å².